The molecule has 80 heavy (non-hydrogen) atoms. The molecule has 0 spiro atoms. The van der Waals surface area contributed by atoms with E-state index in [4.69, 9.17) is 13.8 Å². The van der Waals surface area contributed by atoms with Crippen molar-refractivity contribution in [1.82, 2.24) is 5.32 Å². The van der Waals surface area contributed by atoms with Crippen LogP contribution in [0.25, 0.3) is 0 Å². The second-order valence-electron chi connectivity index (χ2n) is 24.0. The molecule has 0 radical (unpaired) electrons. The minimum Gasteiger partial charge on any atom is -0.756 e. The highest BCUT2D eigenvalue weighted by Gasteiger charge is 2.27. The van der Waals surface area contributed by atoms with Gasteiger partial charge in [-0.1, -0.05) is 267 Å². The van der Waals surface area contributed by atoms with Gasteiger partial charge in [-0.2, -0.15) is 0 Å². The lowest BCUT2D eigenvalue weighted by atomic mass is 10.0. The lowest BCUT2D eigenvalue weighted by Crippen LogP contribution is -2.47. The van der Waals surface area contributed by atoms with Gasteiger partial charge in [0, 0.05) is 12.8 Å². The Kier molecular flexibility index (Phi) is 57.7. The third-order valence-corrected chi connectivity index (χ3v) is 15.8. The highest BCUT2D eigenvalue weighted by atomic mass is 31.2. The zero-order valence-electron chi connectivity index (χ0n) is 53.3. The second kappa shape index (κ2) is 59.6. The van der Waals surface area contributed by atoms with E-state index < -0.39 is 26.6 Å². The van der Waals surface area contributed by atoms with Crippen molar-refractivity contribution in [1.29, 1.82) is 0 Å². The number of phosphoric acid groups is 1. The minimum atomic E-state index is -4.71. The Labute approximate surface area is 495 Å². The first kappa shape index (κ1) is 77.5. The van der Waals surface area contributed by atoms with E-state index in [1.165, 1.54) is 186 Å². The van der Waals surface area contributed by atoms with E-state index in [1.807, 2.05) is 33.3 Å². The number of unbranched alkanes of at least 4 members (excludes halogenated alkanes) is 35. The summed E-state index contributed by atoms with van der Waals surface area (Å²) in [5.74, 6) is -0.550. The van der Waals surface area contributed by atoms with Crippen LogP contribution in [-0.2, 0) is 27.9 Å². The average molecular weight is 1140 g/mol. The number of rotatable bonds is 61. The highest BCUT2D eigenvalue weighted by Crippen LogP contribution is 2.38. The normalized spacial score (nSPS) is 14.0. The van der Waals surface area contributed by atoms with Crippen molar-refractivity contribution in [3.63, 3.8) is 0 Å². The molecule has 0 aromatic rings. The number of allylic oxidation sites excluding steroid dienone is 11. The number of hydrogen-bond acceptors (Lipinski definition) is 7. The molecule has 0 saturated carbocycles. The van der Waals surface area contributed by atoms with Gasteiger partial charge in [-0.05, 0) is 102 Å². The number of nitrogens with zero attached hydrogens (tertiary/aromatic N) is 1. The van der Waals surface area contributed by atoms with Crippen LogP contribution < -0.4 is 10.2 Å². The van der Waals surface area contributed by atoms with Crippen LogP contribution in [0, 0.1) is 0 Å². The third-order valence-electron chi connectivity index (χ3n) is 14.9. The molecule has 3 atom stereocenters. The Morgan fingerprint density at radius 3 is 1.16 bits per heavy atom. The molecule has 0 saturated heterocycles. The number of likely N-dealkylation sites (N-methyl/N-ethyl adjacent to an activating group) is 1. The lowest BCUT2D eigenvalue weighted by molar-refractivity contribution is -0.870. The van der Waals surface area contributed by atoms with Gasteiger partial charge in [0.2, 0.25) is 5.91 Å². The molecule has 466 valence electrons. The van der Waals surface area contributed by atoms with Crippen LogP contribution in [0.5, 0.6) is 0 Å². The zero-order valence-corrected chi connectivity index (χ0v) is 54.2. The Morgan fingerprint density at radius 2 is 0.762 bits per heavy atom. The summed E-state index contributed by atoms with van der Waals surface area (Å²) in [5, 5.41) is 3.04. The van der Waals surface area contributed by atoms with Crippen molar-refractivity contribution in [3.05, 3.63) is 72.9 Å². The molecule has 0 bridgehead atoms. The summed E-state index contributed by atoms with van der Waals surface area (Å²) >= 11 is 0. The molecule has 0 aromatic heterocycles. The largest absolute Gasteiger partial charge is 0.756 e. The molecule has 1 N–H and O–H groups in total. The standard InChI is InChI=1S/C70H129N2O7P/c1-7-10-13-16-19-22-25-28-30-32-34-35-36-37-39-40-42-44-47-50-53-56-59-62-69(73)71-67(66-78-80(75,76)77-65-64-72(4,5)6)68(61-58-55-52-49-46-27-24-21-18-15-12-9-3)79-70(74)63-60-57-54-51-48-45-43-41-38-33-31-29-26-23-20-17-14-11-8-2/h19-20,22-23,28-31,38,41,58,61,67-68H,7-18,21,24-27,32-37,39-40,42-57,59-60,62-66H2,1-6H3,(H-,71,73,75,76)/b22-19-,23-20-,30-28-,31-29-,41-38-,61-58-. The zero-order chi connectivity index (χ0) is 58.6. The maximum Gasteiger partial charge on any atom is 0.306 e. The molecule has 1 amide bonds. The van der Waals surface area contributed by atoms with Crippen LogP contribution >= 0.6 is 7.82 Å². The third kappa shape index (κ3) is 60.1. The number of amides is 1. The molecule has 0 heterocycles. The lowest BCUT2D eigenvalue weighted by Gasteiger charge is -2.30. The summed E-state index contributed by atoms with van der Waals surface area (Å²) in [5.41, 5.74) is 0. The van der Waals surface area contributed by atoms with Crippen LogP contribution in [0.2, 0.25) is 0 Å². The maximum atomic E-state index is 13.6. The average Bonchev–Trinajstić information content (AvgIpc) is 3.43. The van der Waals surface area contributed by atoms with Crippen molar-refractivity contribution < 1.29 is 37.3 Å². The quantitative estimate of drug-likeness (QED) is 0.0212. The van der Waals surface area contributed by atoms with Crippen LogP contribution in [0.4, 0.5) is 0 Å². The molecule has 0 aliphatic heterocycles. The Bertz CT molecular complexity index is 1600. The number of phosphoric ester groups is 1. The number of esters is 1. The van der Waals surface area contributed by atoms with Crippen LogP contribution in [-0.4, -0.2) is 69.4 Å². The van der Waals surface area contributed by atoms with Gasteiger partial charge < -0.3 is 28.5 Å². The summed E-state index contributed by atoms with van der Waals surface area (Å²) < 4.78 is 30.4. The Hall–Kier alpha value is -2.55. The number of nitrogens with one attached hydrogen (secondary N) is 1. The number of hydrogen-bond donors (Lipinski definition) is 1. The van der Waals surface area contributed by atoms with Gasteiger partial charge in [-0.15, -0.1) is 0 Å². The van der Waals surface area contributed by atoms with Crippen LogP contribution in [0.3, 0.4) is 0 Å². The van der Waals surface area contributed by atoms with E-state index in [-0.39, 0.29) is 24.9 Å². The summed E-state index contributed by atoms with van der Waals surface area (Å²) in [4.78, 5) is 40.1. The van der Waals surface area contributed by atoms with Crippen molar-refractivity contribution in [2.45, 2.75) is 322 Å². The van der Waals surface area contributed by atoms with Gasteiger partial charge in [0.25, 0.3) is 7.82 Å². The topological polar surface area (TPSA) is 114 Å². The maximum absolute atomic E-state index is 13.6. The monoisotopic (exact) mass is 1140 g/mol. The molecular weight excluding hydrogens is 1010 g/mol. The smallest absolute Gasteiger partial charge is 0.306 e. The summed E-state index contributed by atoms with van der Waals surface area (Å²) in [6.45, 7) is 6.81. The van der Waals surface area contributed by atoms with Gasteiger partial charge >= 0.3 is 5.97 Å². The van der Waals surface area contributed by atoms with Crippen molar-refractivity contribution >= 4 is 19.7 Å². The van der Waals surface area contributed by atoms with Crippen LogP contribution in [0.1, 0.15) is 310 Å². The predicted octanol–water partition coefficient (Wildman–Crippen LogP) is 20.5. The van der Waals surface area contributed by atoms with Gasteiger partial charge in [0.1, 0.15) is 19.3 Å². The number of quaternary nitrogens is 1. The molecule has 0 fully saturated rings. The summed E-state index contributed by atoms with van der Waals surface area (Å²) in [6.07, 6.45) is 77.2. The number of carbonyl (C=O) groups excluding carboxylic acids is 2. The molecule has 9 nitrogen and oxygen atoms in total. The highest BCUT2D eigenvalue weighted by molar-refractivity contribution is 7.45. The van der Waals surface area contributed by atoms with E-state index in [0.717, 1.165) is 83.5 Å². The van der Waals surface area contributed by atoms with Crippen molar-refractivity contribution in [2.75, 3.05) is 40.9 Å². The first-order valence-corrected chi connectivity index (χ1v) is 35.2. The fourth-order valence-corrected chi connectivity index (χ4v) is 10.3. The fourth-order valence-electron chi connectivity index (χ4n) is 9.62. The van der Waals surface area contributed by atoms with Crippen LogP contribution in [0.15, 0.2) is 72.9 Å². The van der Waals surface area contributed by atoms with E-state index in [1.54, 1.807) is 0 Å². The number of carbonyl (C=O) groups is 2. The van der Waals surface area contributed by atoms with E-state index in [2.05, 4.69) is 86.8 Å². The molecule has 0 aliphatic carbocycles. The Balaban J connectivity index is 5.15. The predicted molar refractivity (Wildman–Crippen MR) is 344 cm³/mol. The van der Waals surface area contributed by atoms with Crippen molar-refractivity contribution in [2.24, 2.45) is 0 Å². The first-order chi connectivity index (χ1) is 38.9. The molecular formula is C70H129N2O7P. The molecule has 0 aliphatic rings. The molecule has 0 rings (SSSR count). The molecule has 10 heteroatoms. The van der Waals surface area contributed by atoms with Gasteiger partial charge in [0.05, 0.1) is 33.8 Å². The second-order valence-corrected chi connectivity index (χ2v) is 25.4. The summed E-state index contributed by atoms with van der Waals surface area (Å²) in [6, 6.07) is -0.897. The van der Waals surface area contributed by atoms with E-state index in [0.29, 0.717) is 23.9 Å². The fraction of sp³-hybridized carbons (Fsp3) is 0.800. The molecule has 0 aromatic carbocycles. The van der Waals surface area contributed by atoms with E-state index >= 15 is 0 Å². The van der Waals surface area contributed by atoms with Gasteiger partial charge in [-0.3, -0.25) is 14.2 Å². The van der Waals surface area contributed by atoms with Gasteiger partial charge in [-0.25, -0.2) is 0 Å². The minimum absolute atomic E-state index is 0.0262. The number of ether oxygens (including phenoxy) is 1. The molecule has 3 unspecified atom stereocenters. The summed E-state index contributed by atoms with van der Waals surface area (Å²) in [7, 11) is 1.18. The Morgan fingerprint density at radius 1 is 0.438 bits per heavy atom. The first-order valence-electron chi connectivity index (χ1n) is 33.7. The SMILES string of the molecule is CCCCC/C=C\C/C=C\C/C=C\CCCCCCCCC(=O)OC(/C=C\CCCCCCCCCCCC)C(COP(=O)([O-])OCC[N+](C)(C)C)NC(=O)CCCCCCCCCCCCCCC/C=C\C/C=C\CCCCC. The van der Waals surface area contributed by atoms with E-state index in [9.17, 15) is 19.0 Å². The van der Waals surface area contributed by atoms with Gasteiger partial charge in [0.15, 0.2) is 0 Å². The van der Waals surface area contributed by atoms with Crippen molar-refractivity contribution in [3.8, 4) is 0 Å².